The Morgan fingerprint density at radius 3 is 0.881 bits per heavy atom. The minimum atomic E-state index is -0.780. The van der Waals surface area contributed by atoms with Gasteiger partial charge in [-0.25, -0.2) is 0 Å². The Morgan fingerprint density at radius 2 is 0.537 bits per heavy atom. The van der Waals surface area contributed by atoms with Gasteiger partial charge in [-0.15, -0.1) is 0 Å². The molecule has 0 bridgehead atoms. The topological polar surface area (TPSA) is 78.9 Å². The van der Waals surface area contributed by atoms with E-state index in [0.29, 0.717) is 19.3 Å². The summed E-state index contributed by atoms with van der Waals surface area (Å²) < 4.78 is 16.9. The maximum atomic E-state index is 12.8. The van der Waals surface area contributed by atoms with Crippen LogP contribution in [-0.2, 0) is 28.6 Å². The molecule has 0 aromatic heterocycles. The zero-order chi connectivity index (χ0) is 48.6. The number of carbonyl (C=O) groups excluding carboxylic acids is 3. The standard InChI is InChI=1S/C61H112O6/c1-4-7-10-13-16-19-22-25-27-29-30-31-32-33-35-36-39-42-45-48-51-54-60(63)66-57-58(56-65-59(62)53-50-47-44-41-38-24-21-18-15-12-9-6-3)67-61(64)55-52-49-46-43-40-37-34-28-26-23-20-17-14-11-8-5-2/h18,20-21,23,28,34,58H,4-17,19,22,24-27,29-33,35-57H2,1-3H3/b21-18-,23-20-,34-28-. The number of unbranched alkanes of at least 4 members (excludes halogenated alkanes) is 37. The van der Waals surface area contributed by atoms with E-state index < -0.39 is 6.10 Å². The minimum absolute atomic E-state index is 0.0770. The number of carbonyl (C=O) groups is 3. The molecule has 0 rings (SSSR count). The first-order valence-corrected chi connectivity index (χ1v) is 29.5. The van der Waals surface area contributed by atoms with Gasteiger partial charge in [0.15, 0.2) is 6.10 Å². The van der Waals surface area contributed by atoms with Gasteiger partial charge in [0, 0.05) is 19.3 Å². The van der Waals surface area contributed by atoms with Crippen LogP contribution in [0.15, 0.2) is 36.5 Å². The van der Waals surface area contributed by atoms with Crippen LogP contribution in [0, 0.1) is 0 Å². The molecule has 0 aromatic rings. The predicted molar refractivity (Wildman–Crippen MR) is 289 cm³/mol. The molecule has 0 N–H and O–H groups in total. The lowest BCUT2D eigenvalue weighted by Gasteiger charge is -2.18. The van der Waals surface area contributed by atoms with E-state index in [4.69, 9.17) is 14.2 Å². The number of hydrogen-bond donors (Lipinski definition) is 0. The third-order valence-corrected chi connectivity index (χ3v) is 13.1. The first-order valence-electron chi connectivity index (χ1n) is 29.5. The summed E-state index contributed by atoms with van der Waals surface area (Å²) in [7, 11) is 0. The number of ether oxygens (including phenoxy) is 3. The summed E-state index contributed by atoms with van der Waals surface area (Å²) in [5, 5.41) is 0. The molecular formula is C61H112O6. The van der Waals surface area contributed by atoms with Crippen LogP contribution in [0.1, 0.15) is 316 Å². The number of hydrogen-bond acceptors (Lipinski definition) is 6. The molecular weight excluding hydrogens is 829 g/mol. The van der Waals surface area contributed by atoms with Gasteiger partial charge < -0.3 is 14.2 Å². The fraction of sp³-hybridized carbons (Fsp3) is 0.852. The van der Waals surface area contributed by atoms with Crippen LogP contribution in [0.5, 0.6) is 0 Å². The smallest absolute Gasteiger partial charge is 0.306 e. The van der Waals surface area contributed by atoms with Crippen LogP contribution in [-0.4, -0.2) is 37.2 Å². The van der Waals surface area contributed by atoms with E-state index in [-0.39, 0.29) is 31.1 Å². The van der Waals surface area contributed by atoms with Crippen molar-refractivity contribution in [2.24, 2.45) is 0 Å². The Balaban J connectivity index is 4.30. The van der Waals surface area contributed by atoms with E-state index in [1.54, 1.807) is 0 Å². The van der Waals surface area contributed by atoms with Crippen molar-refractivity contribution in [2.75, 3.05) is 13.2 Å². The maximum Gasteiger partial charge on any atom is 0.306 e. The SMILES string of the molecule is CCCCC/C=C\CCCCCCCC(=O)OCC(COC(=O)CCCCCCCCCCCCCCCCCCCCCCC)OC(=O)CCCCCCC/C=C\C/C=C\CCCCCC. The summed E-state index contributed by atoms with van der Waals surface area (Å²) in [5.41, 5.74) is 0. The van der Waals surface area contributed by atoms with Gasteiger partial charge in [0.05, 0.1) is 0 Å². The third kappa shape index (κ3) is 54.4. The largest absolute Gasteiger partial charge is 0.462 e. The summed E-state index contributed by atoms with van der Waals surface area (Å²) in [5.74, 6) is -0.883. The Kier molecular flexibility index (Phi) is 54.2. The Morgan fingerprint density at radius 1 is 0.299 bits per heavy atom. The van der Waals surface area contributed by atoms with Crippen molar-refractivity contribution < 1.29 is 28.6 Å². The predicted octanol–water partition coefficient (Wildman–Crippen LogP) is 19.7. The van der Waals surface area contributed by atoms with E-state index in [9.17, 15) is 14.4 Å². The highest BCUT2D eigenvalue weighted by atomic mass is 16.6. The Bertz CT molecular complexity index is 1130. The lowest BCUT2D eigenvalue weighted by Crippen LogP contribution is -2.30. The van der Waals surface area contributed by atoms with Gasteiger partial charge in [0.1, 0.15) is 13.2 Å². The van der Waals surface area contributed by atoms with Crippen molar-refractivity contribution >= 4 is 17.9 Å². The first-order chi connectivity index (χ1) is 33.0. The second-order valence-electron chi connectivity index (χ2n) is 19.9. The van der Waals surface area contributed by atoms with E-state index >= 15 is 0 Å². The van der Waals surface area contributed by atoms with Gasteiger partial charge in [-0.05, 0) is 77.0 Å². The van der Waals surface area contributed by atoms with Crippen molar-refractivity contribution in [3.05, 3.63) is 36.5 Å². The van der Waals surface area contributed by atoms with Gasteiger partial charge >= 0.3 is 17.9 Å². The molecule has 0 heterocycles. The van der Waals surface area contributed by atoms with Crippen molar-refractivity contribution in [2.45, 2.75) is 322 Å². The summed E-state index contributed by atoms with van der Waals surface area (Å²) in [6, 6.07) is 0. The zero-order valence-corrected chi connectivity index (χ0v) is 44.9. The van der Waals surface area contributed by atoms with Gasteiger partial charge in [0.25, 0.3) is 0 Å². The van der Waals surface area contributed by atoms with E-state index in [0.717, 1.165) is 89.9 Å². The average molecular weight is 942 g/mol. The molecule has 392 valence electrons. The molecule has 0 saturated heterocycles. The fourth-order valence-electron chi connectivity index (χ4n) is 8.65. The van der Waals surface area contributed by atoms with Crippen molar-refractivity contribution in [1.29, 1.82) is 0 Å². The monoisotopic (exact) mass is 941 g/mol. The Labute approximate surface area is 416 Å². The summed E-state index contributed by atoms with van der Waals surface area (Å²) in [6.45, 7) is 6.62. The van der Waals surface area contributed by atoms with Gasteiger partial charge in [-0.1, -0.05) is 256 Å². The van der Waals surface area contributed by atoms with Crippen LogP contribution in [0.25, 0.3) is 0 Å². The molecule has 0 aliphatic rings. The molecule has 0 saturated carbocycles. The van der Waals surface area contributed by atoms with Crippen LogP contribution in [0.4, 0.5) is 0 Å². The molecule has 1 atom stereocenters. The number of rotatable bonds is 54. The highest BCUT2D eigenvalue weighted by Crippen LogP contribution is 2.17. The zero-order valence-electron chi connectivity index (χ0n) is 44.9. The van der Waals surface area contributed by atoms with Crippen LogP contribution in [0.3, 0.4) is 0 Å². The summed E-state index contributed by atoms with van der Waals surface area (Å²) in [4.78, 5) is 38.1. The lowest BCUT2D eigenvalue weighted by atomic mass is 10.0. The quantitative estimate of drug-likeness (QED) is 0.0262. The number of allylic oxidation sites excluding steroid dienone is 6. The van der Waals surface area contributed by atoms with Gasteiger partial charge in [-0.2, -0.15) is 0 Å². The Hall–Kier alpha value is -2.37. The van der Waals surface area contributed by atoms with E-state index in [2.05, 4.69) is 57.2 Å². The molecule has 0 radical (unpaired) electrons. The highest BCUT2D eigenvalue weighted by Gasteiger charge is 2.19. The molecule has 67 heavy (non-hydrogen) atoms. The molecule has 0 spiro atoms. The molecule has 0 amide bonds. The average Bonchev–Trinajstić information content (AvgIpc) is 3.33. The molecule has 0 aliphatic heterocycles. The fourth-order valence-corrected chi connectivity index (χ4v) is 8.65. The normalized spacial score (nSPS) is 12.2. The molecule has 0 aromatic carbocycles. The second kappa shape index (κ2) is 56.2. The summed E-state index contributed by atoms with van der Waals surface area (Å²) >= 11 is 0. The minimum Gasteiger partial charge on any atom is -0.462 e. The molecule has 1 unspecified atom stereocenters. The lowest BCUT2D eigenvalue weighted by molar-refractivity contribution is -0.167. The van der Waals surface area contributed by atoms with Crippen LogP contribution in [0.2, 0.25) is 0 Å². The summed E-state index contributed by atoms with van der Waals surface area (Å²) in [6.07, 6.45) is 67.1. The van der Waals surface area contributed by atoms with Crippen LogP contribution < -0.4 is 0 Å². The molecule has 0 fully saturated rings. The van der Waals surface area contributed by atoms with Crippen molar-refractivity contribution in [3.8, 4) is 0 Å². The van der Waals surface area contributed by atoms with Gasteiger partial charge in [-0.3, -0.25) is 14.4 Å². The first kappa shape index (κ1) is 64.6. The molecule has 0 aliphatic carbocycles. The van der Waals surface area contributed by atoms with E-state index in [1.165, 1.54) is 186 Å². The molecule has 6 nitrogen and oxygen atoms in total. The second-order valence-corrected chi connectivity index (χ2v) is 19.9. The van der Waals surface area contributed by atoms with Crippen molar-refractivity contribution in [1.82, 2.24) is 0 Å². The number of esters is 3. The van der Waals surface area contributed by atoms with Crippen LogP contribution >= 0.6 is 0 Å². The van der Waals surface area contributed by atoms with Gasteiger partial charge in [0.2, 0.25) is 0 Å². The third-order valence-electron chi connectivity index (χ3n) is 13.1. The van der Waals surface area contributed by atoms with E-state index in [1.807, 2.05) is 0 Å². The highest BCUT2D eigenvalue weighted by molar-refractivity contribution is 5.71. The van der Waals surface area contributed by atoms with Crippen molar-refractivity contribution in [3.63, 3.8) is 0 Å². The maximum absolute atomic E-state index is 12.8. The molecule has 6 heteroatoms.